The van der Waals surface area contributed by atoms with Crippen LogP contribution in [0.25, 0.3) is 6.08 Å². The molecule has 0 saturated heterocycles. The summed E-state index contributed by atoms with van der Waals surface area (Å²) in [5.74, 6) is 0. The highest BCUT2D eigenvalue weighted by molar-refractivity contribution is 6.34. The molecule has 0 fully saturated rings. The third kappa shape index (κ3) is 3.70. The third-order valence-electron chi connectivity index (χ3n) is 1.92. The van der Waals surface area contributed by atoms with Gasteiger partial charge in [0, 0.05) is 16.1 Å². The van der Waals surface area contributed by atoms with Crippen LogP contribution in [0.15, 0.2) is 24.3 Å². The molecule has 1 atom stereocenters. The van der Waals surface area contributed by atoms with E-state index in [1.807, 2.05) is 25.3 Å². The maximum absolute atomic E-state index is 5.87. The summed E-state index contributed by atoms with van der Waals surface area (Å²) in [6, 6.07) is 5.83. The van der Waals surface area contributed by atoms with Crippen LogP contribution in [0.3, 0.4) is 0 Å². The standard InChI is InChI=1S/C11H13Cl2N/c1-8(14-2)3-4-9-5-10(12)7-11(13)6-9/h3-8,14H,1-2H3/b4-3+. The smallest absolute Gasteiger partial charge is 0.0426 e. The average molecular weight is 230 g/mol. The zero-order valence-corrected chi connectivity index (χ0v) is 9.73. The quantitative estimate of drug-likeness (QED) is 0.836. The lowest BCUT2D eigenvalue weighted by Gasteiger charge is -2.02. The maximum Gasteiger partial charge on any atom is 0.0426 e. The van der Waals surface area contributed by atoms with E-state index < -0.39 is 0 Å². The number of benzene rings is 1. The molecule has 0 radical (unpaired) electrons. The molecule has 0 aliphatic heterocycles. The molecular weight excluding hydrogens is 217 g/mol. The fraction of sp³-hybridized carbons (Fsp3) is 0.273. The highest BCUT2D eigenvalue weighted by Gasteiger charge is 1.95. The van der Waals surface area contributed by atoms with Crippen molar-refractivity contribution in [3.63, 3.8) is 0 Å². The van der Waals surface area contributed by atoms with Crippen LogP contribution < -0.4 is 5.32 Å². The lowest BCUT2D eigenvalue weighted by molar-refractivity contribution is 0.731. The first-order chi connectivity index (χ1) is 6.61. The largest absolute Gasteiger partial charge is 0.314 e. The number of nitrogens with one attached hydrogen (secondary N) is 1. The van der Waals surface area contributed by atoms with Gasteiger partial charge in [0.25, 0.3) is 0 Å². The van der Waals surface area contributed by atoms with E-state index in [1.165, 1.54) is 0 Å². The molecule has 0 heterocycles. The minimum absolute atomic E-state index is 0.341. The zero-order chi connectivity index (χ0) is 10.6. The van der Waals surface area contributed by atoms with Crippen molar-refractivity contribution in [2.75, 3.05) is 7.05 Å². The van der Waals surface area contributed by atoms with E-state index in [9.17, 15) is 0 Å². The Bertz CT molecular complexity index is 314. The molecule has 0 bridgehead atoms. The minimum atomic E-state index is 0.341. The van der Waals surface area contributed by atoms with Crippen LogP contribution >= 0.6 is 23.2 Å². The van der Waals surface area contributed by atoms with Gasteiger partial charge in [0.2, 0.25) is 0 Å². The SMILES string of the molecule is CNC(C)/C=C/c1cc(Cl)cc(Cl)c1. The van der Waals surface area contributed by atoms with Crippen LogP contribution in [0.5, 0.6) is 0 Å². The normalized spacial score (nSPS) is 13.4. The first-order valence-corrected chi connectivity index (χ1v) is 5.19. The first-order valence-electron chi connectivity index (χ1n) is 4.43. The third-order valence-corrected chi connectivity index (χ3v) is 2.35. The summed E-state index contributed by atoms with van der Waals surface area (Å²) in [6.45, 7) is 2.07. The second kappa shape index (κ2) is 5.40. The Hall–Kier alpha value is -0.500. The highest BCUT2D eigenvalue weighted by atomic mass is 35.5. The van der Waals surface area contributed by atoms with Crippen LogP contribution in [0.2, 0.25) is 10.0 Å². The van der Waals surface area contributed by atoms with Gasteiger partial charge >= 0.3 is 0 Å². The number of hydrogen-bond acceptors (Lipinski definition) is 1. The molecule has 1 aromatic rings. The van der Waals surface area contributed by atoms with Crippen LogP contribution in [-0.4, -0.2) is 13.1 Å². The molecule has 0 aliphatic carbocycles. The fourth-order valence-corrected chi connectivity index (χ4v) is 1.57. The van der Waals surface area contributed by atoms with E-state index >= 15 is 0 Å². The molecule has 14 heavy (non-hydrogen) atoms. The molecule has 0 aromatic heterocycles. The van der Waals surface area contributed by atoms with Gasteiger partial charge in [-0.2, -0.15) is 0 Å². The fourth-order valence-electron chi connectivity index (χ4n) is 1.02. The van der Waals surface area contributed by atoms with Crippen molar-refractivity contribution in [3.05, 3.63) is 39.9 Å². The van der Waals surface area contributed by atoms with Gasteiger partial charge in [-0.3, -0.25) is 0 Å². The van der Waals surface area contributed by atoms with Gasteiger partial charge in [-0.1, -0.05) is 35.4 Å². The molecule has 1 nitrogen and oxygen atoms in total. The predicted molar refractivity (Wildman–Crippen MR) is 64.0 cm³/mol. The molecule has 1 rings (SSSR count). The van der Waals surface area contributed by atoms with Crippen molar-refractivity contribution in [3.8, 4) is 0 Å². The Morgan fingerprint density at radius 1 is 1.21 bits per heavy atom. The first kappa shape index (κ1) is 11.6. The topological polar surface area (TPSA) is 12.0 Å². The Kier molecular flexibility index (Phi) is 4.46. The Labute approximate surface area is 94.7 Å². The van der Waals surface area contributed by atoms with E-state index in [-0.39, 0.29) is 0 Å². The molecule has 0 saturated carbocycles. The van der Waals surface area contributed by atoms with E-state index in [4.69, 9.17) is 23.2 Å². The molecule has 1 aromatic carbocycles. The van der Waals surface area contributed by atoms with Gasteiger partial charge in [0.1, 0.15) is 0 Å². The van der Waals surface area contributed by atoms with Gasteiger partial charge in [-0.15, -0.1) is 0 Å². The van der Waals surface area contributed by atoms with Crippen molar-refractivity contribution < 1.29 is 0 Å². The molecule has 0 spiro atoms. The zero-order valence-electron chi connectivity index (χ0n) is 8.22. The van der Waals surface area contributed by atoms with E-state index in [0.717, 1.165) is 5.56 Å². The average Bonchev–Trinajstić information content (AvgIpc) is 2.12. The van der Waals surface area contributed by atoms with Crippen LogP contribution in [0, 0.1) is 0 Å². The minimum Gasteiger partial charge on any atom is -0.314 e. The maximum atomic E-state index is 5.87. The van der Waals surface area contributed by atoms with Crippen molar-refractivity contribution >= 4 is 29.3 Å². The van der Waals surface area contributed by atoms with Gasteiger partial charge in [-0.05, 0) is 37.7 Å². The number of likely N-dealkylation sites (N-methyl/N-ethyl adjacent to an activating group) is 1. The molecule has 76 valence electrons. The lowest BCUT2D eigenvalue weighted by atomic mass is 10.2. The predicted octanol–water partition coefficient (Wildman–Crippen LogP) is 3.61. The summed E-state index contributed by atoms with van der Waals surface area (Å²) in [6.07, 6.45) is 4.06. The molecule has 1 unspecified atom stereocenters. The van der Waals surface area contributed by atoms with E-state index in [1.54, 1.807) is 6.07 Å². The van der Waals surface area contributed by atoms with Crippen molar-refractivity contribution in [2.24, 2.45) is 0 Å². The summed E-state index contributed by atoms with van der Waals surface area (Å²) < 4.78 is 0. The Morgan fingerprint density at radius 3 is 2.29 bits per heavy atom. The van der Waals surface area contributed by atoms with E-state index in [0.29, 0.717) is 16.1 Å². The monoisotopic (exact) mass is 229 g/mol. The molecule has 0 amide bonds. The van der Waals surface area contributed by atoms with Crippen molar-refractivity contribution in [1.82, 2.24) is 5.32 Å². The molecule has 0 aliphatic rings. The highest BCUT2D eigenvalue weighted by Crippen LogP contribution is 2.19. The van der Waals surface area contributed by atoms with Crippen LogP contribution in [0.4, 0.5) is 0 Å². The number of hydrogen-bond donors (Lipinski definition) is 1. The van der Waals surface area contributed by atoms with Crippen LogP contribution in [0.1, 0.15) is 12.5 Å². The summed E-state index contributed by atoms with van der Waals surface area (Å²) in [4.78, 5) is 0. The number of rotatable bonds is 3. The molecule has 1 N–H and O–H groups in total. The van der Waals surface area contributed by atoms with Crippen molar-refractivity contribution in [1.29, 1.82) is 0 Å². The van der Waals surface area contributed by atoms with Gasteiger partial charge in [0.15, 0.2) is 0 Å². The summed E-state index contributed by atoms with van der Waals surface area (Å²) in [7, 11) is 1.92. The molecule has 3 heteroatoms. The van der Waals surface area contributed by atoms with Gasteiger partial charge in [-0.25, -0.2) is 0 Å². The number of halogens is 2. The molecular formula is C11H13Cl2N. The van der Waals surface area contributed by atoms with Gasteiger partial charge < -0.3 is 5.32 Å². The van der Waals surface area contributed by atoms with Gasteiger partial charge in [0.05, 0.1) is 0 Å². The lowest BCUT2D eigenvalue weighted by Crippen LogP contribution is -2.17. The Morgan fingerprint density at radius 2 is 1.79 bits per heavy atom. The Balaban J connectivity index is 2.81. The summed E-state index contributed by atoms with van der Waals surface area (Å²) >= 11 is 11.7. The second-order valence-electron chi connectivity index (χ2n) is 3.14. The second-order valence-corrected chi connectivity index (χ2v) is 4.01. The van der Waals surface area contributed by atoms with Crippen LogP contribution in [-0.2, 0) is 0 Å². The summed E-state index contributed by atoms with van der Waals surface area (Å²) in [5.41, 5.74) is 1.02. The van der Waals surface area contributed by atoms with E-state index in [2.05, 4.69) is 18.3 Å². The summed E-state index contributed by atoms with van der Waals surface area (Å²) in [5, 5.41) is 4.43. The van der Waals surface area contributed by atoms with Crippen molar-refractivity contribution in [2.45, 2.75) is 13.0 Å².